The van der Waals surface area contributed by atoms with Gasteiger partial charge in [0.25, 0.3) is 0 Å². The Bertz CT molecular complexity index is 1130. The Morgan fingerprint density at radius 1 is 1.18 bits per heavy atom. The fourth-order valence-electron chi connectivity index (χ4n) is 6.05. The van der Waals surface area contributed by atoms with Crippen LogP contribution in [0, 0.1) is 5.41 Å². The van der Waals surface area contributed by atoms with Crippen LogP contribution in [0.4, 0.5) is 4.79 Å². The first kappa shape index (κ1) is 21.6. The summed E-state index contributed by atoms with van der Waals surface area (Å²) in [6.07, 6.45) is 4.13. The molecule has 7 rings (SSSR count). The number of nitrogens with zero attached hydrogens (tertiary/aromatic N) is 3. The molecule has 5 aliphatic rings. The molecule has 8 nitrogen and oxygen atoms in total. The molecule has 1 N–H and O–H groups in total. The summed E-state index contributed by atoms with van der Waals surface area (Å²) in [5.41, 5.74) is -0.510. The van der Waals surface area contributed by atoms with Crippen LogP contribution >= 0.6 is 0 Å². The Morgan fingerprint density at radius 3 is 2.44 bits per heavy atom. The second kappa shape index (κ2) is 6.83. The fourth-order valence-corrected chi connectivity index (χ4v) is 6.05. The topological polar surface area (TPSA) is 106 Å². The predicted molar refractivity (Wildman–Crippen MR) is 121 cm³/mol. The summed E-state index contributed by atoms with van der Waals surface area (Å²) in [5.74, 6) is 0.785. The van der Waals surface area contributed by atoms with Crippen LogP contribution in [-0.2, 0) is 20.4 Å². The monoisotopic (exact) mass is 465 g/mol. The minimum absolute atomic E-state index is 0.0918. The van der Waals surface area contributed by atoms with E-state index < -0.39 is 17.0 Å². The molecule has 1 aromatic heterocycles. The second-order valence-corrected chi connectivity index (χ2v) is 12.0. The van der Waals surface area contributed by atoms with Crippen LogP contribution in [0.1, 0.15) is 82.5 Å². The third-order valence-electron chi connectivity index (χ3n) is 8.18. The molecule has 0 saturated heterocycles. The number of benzene rings is 1. The second-order valence-electron chi connectivity index (χ2n) is 12.0. The van der Waals surface area contributed by atoms with Crippen LogP contribution in [0.25, 0.3) is 0 Å². The molecule has 5 fully saturated rings. The van der Waals surface area contributed by atoms with Crippen molar-refractivity contribution in [2.75, 3.05) is 6.54 Å². The van der Waals surface area contributed by atoms with Gasteiger partial charge in [0.1, 0.15) is 5.60 Å². The zero-order valence-electron chi connectivity index (χ0n) is 19.9. The van der Waals surface area contributed by atoms with E-state index in [0.717, 1.165) is 19.3 Å². The molecule has 0 radical (unpaired) electrons. The average molecular weight is 466 g/mol. The molecule has 180 valence electrons. The van der Waals surface area contributed by atoms with Gasteiger partial charge < -0.3 is 19.3 Å². The lowest BCUT2D eigenvalue weighted by Gasteiger charge is -2.65. The van der Waals surface area contributed by atoms with E-state index in [0.29, 0.717) is 43.4 Å². The van der Waals surface area contributed by atoms with E-state index in [9.17, 15) is 14.7 Å². The standard InChI is InChI=1S/C26H31N3O5/c1-23(2,3)33-22(32)29(18-11-17(18)16-7-5-4-6-8-16)15-24(9-10-24)19-27-20(34-28-19)25-12-26(13-25,14-25)21(30)31/h4-8,17-18H,9-15H2,1-3H3,(H,30,31)/t17-,18+,25?,26?/m1/s1. The Labute approximate surface area is 198 Å². The predicted octanol–water partition coefficient (Wildman–Crippen LogP) is 4.40. The molecule has 5 saturated carbocycles. The van der Waals surface area contributed by atoms with Crippen molar-refractivity contribution < 1.29 is 24.0 Å². The Balaban J connectivity index is 1.21. The van der Waals surface area contributed by atoms with Gasteiger partial charge in [-0.15, -0.1) is 0 Å². The van der Waals surface area contributed by atoms with E-state index in [-0.39, 0.29) is 23.0 Å². The van der Waals surface area contributed by atoms with Crippen molar-refractivity contribution >= 4 is 12.1 Å². The molecule has 5 aliphatic carbocycles. The van der Waals surface area contributed by atoms with Gasteiger partial charge in [0.2, 0.25) is 5.89 Å². The molecule has 1 heterocycles. The first-order chi connectivity index (χ1) is 16.0. The highest BCUT2D eigenvalue weighted by Crippen LogP contribution is 2.73. The van der Waals surface area contributed by atoms with E-state index in [2.05, 4.69) is 17.3 Å². The summed E-state index contributed by atoms with van der Waals surface area (Å²) >= 11 is 0. The fraction of sp³-hybridized carbons (Fsp3) is 0.615. The maximum atomic E-state index is 13.3. The number of rotatable bonds is 7. The van der Waals surface area contributed by atoms with Crippen LogP contribution in [-0.4, -0.2) is 50.4 Å². The smallest absolute Gasteiger partial charge is 0.410 e. The number of carboxylic acid groups (broad SMARTS) is 1. The minimum atomic E-state index is -0.724. The Hall–Kier alpha value is -2.90. The maximum Gasteiger partial charge on any atom is 0.410 e. The summed E-state index contributed by atoms with van der Waals surface area (Å²) in [6, 6.07) is 10.4. The highest BCUT2D eigenvalue weighted by Gasteiger charge is 2.75. The van der Waals surface area contributed by atoms with Crippen LogP contribution in [0.5, 0.6) is 0 Å². The molecular weight excluding hydrogens is 434 g/mol. The summed E-state index contributed by atoms with van der Waals surface area (Å²) < 4.78 is 11.4. The number of amides is 1. The Morgan fingerprint density at radius 2 is 1.85 bits per heavy atom. The lowest BCUT2D eigenvalue weighted by Crippen LogP contribution is -2.68. The SMILES string of the molecule is CC(C)(C)OC(=O)N(CC1(c2noc(C34CC(C(=O)O)(C3)C4)n2)CC1)[C@H]1C[C@@H]1c1ccccc1. The summed E-state index contributed by atoms with van der Waals surface area (Å²) in [5, 5.41) is 13.7. The van der Waals surface area contributed by atoms with Crippen molar-refractivity contribution in [3.8, 4) is 0 Å². The summed E-state index contributed by atoms with van der Waals surface area (Å²) in [6.45, 7) is 6.16. The van der Waals surface area contributed by atoms with Crippen molar-refractivity contribution in [2.24, 2.45) is 5.41 Å². The van der Waals surface area contributed by atoms with Crippen molar-refractivity contribution in [2.45, 2.75) is 87.7 Å². The lowest BCUT2D eigenvalue weighted by molar-refractivity contribution is -0.199. The van der Waals surface area contributed by atoms with Gasteiger partial charge in [-0.25, -0.2) is 4.79 Å². The average Bonchev–Trinajstić information content (AvgIpc) is 3.61. The highest BCUT2D eigenvalue weighted by molar-refractivity contribution is 5.80. The molecule has 2 bridgehead atoms. The molecule has 2 aromatic rings. The quantitative estimate of drug-likeness (QED) is 0.646. The molecule has 1 aromatic carbocycles. The number of hydrogen-bond donors (Lipinski definition) is 1. The van der Waals surface area contributed by atoms with Gasteiger partial charge in [0, 0.05) is 18.5 Å². The largest absolute Gasteiger partial charge is 0.481 e. The number of aromatic nitrogens is 2. The zero-order chi connectivity index (χ0) is 23.9. The number of carboxylic acids is 1. The van der Waals surface area contributed by atoms with Gasteiger partial charge in [-0.05, 0) is 64.9 Å². The molecule has 0 aliphatic heterocycles. The van der Waals surface area contributed by atoms with Gasteiger partial charge in [-0.3, -0.25) is 4.79 Å². The summed E-state index contributed by atoms with van der Waals surface area (Å²) in [4.78, 5) is 31.4. The van der Waals surface area contributed by atoms with Gasteiger partial charge in [0.15, 0.2) is 5.82 Å². The van der Waals surface area contributed by atoms with Gasteiger partial charge in [-0.2, -0.15) is 4.98 Å². The molecule has 8 heteroatoms. The molecule has 1 amide bonds. The number of ether oxygens (including phenoxy) is 1. The minimum Gasteiger partial charge on any atom is -0.481 e. The third kappa shape index (κ3) is 3.33. The molecular formula is C26H31N3O5. The number of aliphatic carboxylic acids is 1. The Kier molecular flexibility index (Phi) is 4.34. The van der Waals surface area contributed by atoms with Crippen LogP contribution in [0.15, 0.2) is 34.9 Å². The zero-order valence-corrected chi connectivity index (χ0v) is 19.9. The van der Waals surface area contributed by atoms with Crippen molar-refractivity contribution in [1.82, 2.24) is 15.0 Å². The summed E-state index contributed by atoms with van der Waals surface area (Å²) in [7, 11) is 0. The van der Waals surface area contributed by atoms with Crippen LogP contribution < -0.4 is 0 Å². The lowest BCUT2D eigenvalue weighted by atomic mass is 9.35. The van der Waals surface area contributed by atoms with E-state index in [1.165, 1.54) is 5.56 Å². The van der Waals surface area contributed by atoms with Crippen LogP contribution in [0.3, 0.4) is 0 Å². The van der Waals surface area contributed by atoms with Gasteiger partial charge >= 0.3 is 12.1 Å². The number of carbonyl (C=O) groups is 2. The highest BCUT2D eigenvalue weighted by atomic mass is 16.6. The molecule has 34 heavy (non-hydrogen) atoms. The molecule has 2 atom stereocenters. The third-order valence-corrected chi connectivity index (χ3v) is 8.18. The normalized spacial score (nSPS) is 32.2. The van der Waals surface area contributed by atoms with E-state index >= 15 is 0 Å². The van der Waals surface area contributed by atoms with Gasteiger partial charge in [-0.1, -0.05) is 35.5 Å². The molecule has 0 unspecified atom stereocenters. The first-order valence-electron chi connectivity index (χ1n) is 12.2. The maximum absolute atomic E-state index is 13.3. The van der Waals surface area contributed by atoms with Crippen molar-refractivity contribution in [3.05, 3.63) is 47.6 Å². The van der Waals surface area contributed by atoms with Crippen LogP contribution in [0.2, 0.25) is 0 Å². The van der Waals surface area contributed by atoms with Gasteiger partial charge in [0.05, 0.1) is 16.2 Å². The molecule has 0 spiro atoms. The first-order valence-corrected chi connectivity index (χ1v) is 12.2. The number of carbonyl (C=O) groups excluding carboxylic acids is 1. The van der Waals surface area contributed by atoms with E-state index in [1.54, 1.807) is 0 Å². The van der Waals surface area contributed by atoms with E-state index in [1.807, 2.05) is 43.9 Å². The van der Waals surface area contributed by atoms with Crippen molar-refractivity contribution in [1.29, 1.82) is 0 Å². The van der Waals surface area contributed by atoms with E-state index in [4.69, 9.17) is 14.2 Å². The van der Waals surface area contributed by atoms with Crippen molar-refractivity contribution in [3.63, 3.8) is 0 Å². The number of hydrogen-bond acceptors (Lipinski definition) is 6.